The first kappa shape index (κ1) is 15.8. The first-order valence-electron chi connectivity index (χ1n) is 9.05. The van der Waals surface area contributed by atoms with Gasteiger partial charge in [0.05, 0.1) is 17.4 Å². The number of H-pyrrole nitrogens is 1. The Labute approximate surface area is 144 Å². The number of rotatable bonds is 3. The molecule has 1 unspecified atom stereocenters. The molecule has 0 bridgehead atoms. The quantitative estimate of drug-likeness (QED) is 0.909. The molecule has 1 fully saturated rings. The number of imidazole rings is 1. The number of nitrogens with zero attached hydrogens (tertiary/aromatic N) is 3. The van der Waals surface area contributed by atoms with Crippen molar-refractivity contribution in [3.63, 3.8) is 0 Å². The molecule has 4 rings (SSSR count). The summed E-state index contributed by atoms with van der Waals surface area (Å²) < 4.78 is 0. The summed E-state index contributed by atoms with van der Waals surface area (Å²) in [5.74, 6) is 0.995. The fourth-order valence-corrected chi connectivity index (χ4v) is 3.86. The third-order valence-electron chi connectivity index (χ3n) is 5.33. The highest BCUT2D eigenvalue weighted by molar-refractivity contribution is 5.56. The molecule has 2 aliphatic heterocycles. The lowest BCUT2D eigenvalue weighted by atomic mass is 10.1. The Balaban J connectivity index is 1.55. The fourth-order valence-electron chi connectivity index (χ4n) is 3.86. The predicted molar refractivity (Wildman–Crippen MR) is 96.8 cm³/mol. The zero-order valence-electron chi connectivity index (χ0n) is 14.6. The van der Waals surface area contributed by atoms with Crippen LogP contribution in [0.25, 0.3) is 11.4 Å². The highest BCUT2D eigenvalue weighted by atomic mass is 15.3. The number of aromatic nitrogens is 2. The molecule has 128 valence electrons. The molecular weight excluding hydrogens is 298 g/mol. The lowest BCUT2D eigenvalue weighted by Crippen LogP contribution is -2.52. The average molecular weight is 325 g/mol. The molecule has 1 atom stereocenters. The van der Waals surface area contributed by atoms with Crippen molar-refractivity contribution in [3.8, 4) is 11.4 Å². The summed E-state index contributed by atoms with van der Waals surface area (Å²) in [4.78, 5) is 13.7. The van der Waals surface area contributed by atoms with Gasteiger partial charge in [-0.25, -0.2) is 4.98 Å². The predicted octanol–water partition coefficient (Wildman–Crippen LogP) is 2.25. The maximum absolute atomic E-state index is 4.98. The van der Waals surface area contributed by atoms with Crippen LogP contribution < -0.4 is 5.32 Å². The fraction of sp³-hybridized carbons (Fsp3) is 0.526. The van der Waals surface area contributed by atoms with E-state index in [1.165, 1.54) is 11.4 Å². The molecule has 1 saturated heterocycles. The Morgan fingerprint density at radius 3 is 2.54 bits per heavy atom. The molecular formula is C19H27N5. The van der Waals surface area contributed by atoms with Crippen molar-refractivity contribution in [3.05, 3.63) is 41.7 Å². The second kappa shape index (κ2) is 6.67. The van der Waals surface area contributed by atoms with Crippen LogP contribution in [-0.4, -0.2) is 58.5 Å². The second-order valence-corrected chi connectivity index (χ2v) is 7.13. The minimum atomic E-state index is 0.386. The Bertz CT molecular complexity index is 670. The zero-order valence-corrected chi connectivity index (χ0v) is 14.6. The number of piperazine rings is 1. The number of fused-ring (bicyclic) bond motifs is 1. The van der Waals surface area contributed by atoms with Crippen molar-refractivity contribution in [2.45, 2.75) is 32.5 Å². The van der Waals surface area contributed by atoms with Crippen molar-refractivity contribution in [2.24, 2.45) is 0 Å². The minimum Gasteiger partial charge on any atom is -0.340 e. The maximum atomic E-state index is 4.98. The van der Waals surface area contributed by atoms with E-state index < -0.39 is 0 Å². The van der Waals surface area contributed by atoms with Gasteiger partial charge >= 0.3 is 0 Å². The van der Waals surface area contributed by atoms with Gasteiger partial charge in [-0.2, -0.15) is 0 Å². The third-order valence-corrected chi connectivity index (χ3v) is 5.33. The Kier molecular flexibility index (Phi) is 4.39. The van der Waals surface area contributed by atoms with E-state index in [4.69, 9.17) is 4.98 Å². The van der Waals surface area contributed by atoms with Crippen molar-refractivity contribution in [1.29, 1.82) is 0 Å². The zero-order chi connectivity index (χ0) is 16.5. The number of benzene rings is 1. The normalized spacial score (nSPS) is 22.7. The molecule has 3 heterocycles. The standard InChI is InChI=1S/C19H27N5/c1-14(2)23-8-10-24(11-9-23)17-13-20-12-16-18(17)22-19(21-16)15-6-4-3-5-7-15/h3-7,14,17,20H,8-13H2,1-2H3,(H,21,22). The van der Waals surface area contributed by atoms with Crippen molar-refractivity contribution in [1.82, 2.24) is 25.1 Å². The van der Waals surface area contributed by atoms with Crippen LogP contribution in [0.1, 0.15) is 31.3 Å². The van der Waals surface area contributed by atoms with E-state index in [1.807, 2.05) is 6.07 Å². The SMILES string of the molecule is CC(C)N1CCN(C2CNCc3[nH]c(-c4ccccc4)nc32)CC1. The maximum Gasteiger partial charge on any atom is 0.137 e. The van der Waals surface area contributed by atoms with Gasteiger partial charge < -0.3 is 10.3 Å². The first-order valence-corrected chi connectivity index (χ1v) is 9.05. The average Bonchev–Trinajstić information content (AvgIpc) is 3.07. The third kappa shape index (κ3) is 2.99. The van der Waals surface area contributed by atoms with Crippen molar-refractivity contribution in [2.75, 3.05) is 32.7 Å². The molecule has 1 aromatic heterocycles. The molecule has 0 aliphatic carbocycles. The molecule has 0 amide bonds. The molecule has 5 heteroatoms. The van der Waals surface area contributed by atoms with Crippen LogP contribution in [-0.2, 0) is 6.54 Å². The lowest BCUT2D eigenvalue weighted by Gasteiger charge is -2.41. The molecule has 0 radical (unpaired) electrons. The highest BCUT2D eigenvalue weighted by Crippen LogP contribution is 2.29. The lowest BCUT2D eigenvalue weighted by molar-refractivity contribution is 0.0734. The second-order valence-electron chi connectivity index (χ2n) is 7.13. The minimum absolute atomic E-state index is 0.386. The van der Waals surface area contributed by atoms with Crippen molar-refractivity contribution >= 4 is 0 Å². The van der Waals surface area contributed by atoms with E-state index in [1.54, 1.807) is 0 Å². The Morgan fingerprint density at radius 2 is 1.83 bits per heavy atom. The molecule has 24 heavy (non-hydrogen) atoms. The van der Waals surface area contributed by atoms with Crippen LogP contribution in [0.2, 0.25) is 0 Å². The van der Waals surface area contributed by atoms with Crippen LogP contribution >= 0.6 is 0 Å². The largest absolute Gasteiger partial charge is 0.340 e. The number of hydrogen-bond donors (Lipinski definition) is 2. The molecule has 2 aliphatic rings. The smallest absolute Gasteiger partial charge is 0.137 e. The van der Waals surface area contributed by atoms with Crippen molar-refractivity contribution < 1.29 is 0 Å². The van der Waals surface area contributed by atoms with E-state index in [0.29, 0.717) is 12.1 Å². The van der Waals surface area contributed by atoms with Gasteiger partial charge in [-0.1, -0.05) is 30.3 Å². The molecule has 5 nitrogen and oxygen atoms in total. The van der Waals surface area contributed by atoms with E-state index in [0.717, 1.165) is 50.7 Å². The summed E-state index contributed by atoms with van der Waals surface area (Å²) >= 11 is 0. The first-order chi connectivity index (χ1) is 11.7. The van der Waals surface area contributed by atoms with Gasteiger partial charge in [0, 0.05) is 50.9 Å². The van der Waals surface area contributed by atoms with Crippen LogP contribution in [0.4, 0.5) is 0 Å². The topological polar surface area (TPSA) is 47.2 Å². The summed E-state index contributed by atoms with van der Waals surface area (Å²) in [6.45, 7) is 11.0. The Morgan fingerprint density at radius 1 is 1.08 bits per heavy atom. The van der Waals surface area contributed by atoms with Crippen LogP contribution in [0.15, 0.2) is 30.3 Å². The monoisotopic (exact) mass is 325 g/mol. The molecule has 1 aromatic carbocycles. The van der Waals surface area contributed by atoms with E-state index in [-0.39, 0.29) is 0 Å². The van der Waals surface area contributed by atoms with Gasteiger partial charge in [-0.3, -0.25) is 9.80 Å². The van der Waals surface area contributed by atoms with Crippen LogP contribution in [0, 0.1) is 0 Å². The summed E-state index contributed by atoms with van der Waals surface area (Å²) in [5, 5.41) is 3.56. The number of aromatic amines is 1. The molecule has 0 saturated carbocycles. The Hall–Kier alpha value is -1.69. The highest BCUT2D eigenvalue weighted by Gasteiger charge is 2.31. The van der Waals surface area contributed by atoms with Gasteiger partial charge in [0.25, 0.3) is 0 Å². The van der Waals surface area contributed by atoms with Gasteiger partial charge in [-0.05, 0) is 13.8 Å². The van der Waals surface area contributed by atoms with Gasteiger partial charge in [0.1, 0.15) is 5.82 Å². The molecule has 2 aromatic rings. The summed E-state index contributed by atoms with van der Waals surface area (Å²) in [6, 6.07) is 11.4. The summed E-state index contributed by atoms with van der Waals surface area (Å²) in [7, 11) is 0. The van der Waals surface area contributed by atoms with Gasteiger partial charge in [0.2, 0.25) is 0 Å². The van der Waals surface area contributed by atoms with Crippen LogP contribution in [0.5, 0.6) is 0 Å². The molecule has 0 spiro atoms. The number of nitrogens with one attached hydrogen (secondary N) is 2. The van der Waals surface area contributed by atoms with Gasteiger partial charge in [-0.15, -0.1) is 0 Å². The summed E-state index contributed by atoms with van der Waals surface area (Å²) in [5.41, 5.74) is 3.65. The summed E-state index contributed by atoms with van der Waals surface area (Å²) in [6.07, 6.45) is 0. The van der Waals surface area contributed by atoms with E-state index >= 15 is 0 Å². The molecule has 2 N–H and O–H groups in total. The van der Waals surface area contributed by atoms with E-state index in [9.17, 15) is 0 Å². The van der Waals surface area contributed by atoms with Gasteiger partial charge in [0.15, 0.2) is 0 Å². The number of hydrogen-bond acceptors (Lipinski definition) is 4. The van der Waals surface area contributed by atoms with E-state index in [2.05, 4.69) is 58.2 Å². The van der Waals surface area contributed by atoms with Crippen LogP contribution in [0.3, 0.4) is 0 Å².